The summed E-state index contributed by atoms with van der Waals surface area (Å²) in [5.41, 5.74) is 2.12. The van der Waals surface area contributed by atoms with Crippen LogP contribution in [0.2, 0.25) is 0 Å². The van der Waals surface area contributed by atoms with Crippen LogP contribution in [0, 0.1) is 5.82 Å². The van der Waals surface area contributed by atoms with Gasteiger partial charge < -0.3 is 14.8 Å². The van der Waals surface area contributed by atoms with E-state index in [0.717, 1.165) is 22.6 Å². The number of nitrogens with one attached hydrogen (secondary N) is 1. The third kappa shape index (κ3) is 2.60. The standard InChI is InChI=1S/C16H16FNO2/c1-11(12-5-7-14(17)8-6-12)18-9-13-3-2-4-15-16(13)20-10-19-15/h2-8,11,18H,9-10H2,1H3/t11-/m1/s1. The predicted molar refractivity (Wildman–Crippen MR) is 74.2 cm³/mol. The van der Waals surface area contributed by atoms with Crippen molar-refractivity contribution in [2.24, 2.45) is 0 Å². The molecule has 2 aromatic rings. The van der Waals surface area contributed by atoms with Crippen molar-refractivity contribution >= 4 is 0 Å². The summed E-state index contributed by atoms with van der Waals surface area (Å²) in [5.74, 6) is 1.39. The highest BCUT2D eigenvalue weighted by molar-refractivity contribution is 5.48. The molecule has 1 heterocycles. The van der Waals surface area contributed by atoms with Crippen molar-refractivity contribution in [2.45, 2.75) is 19.5 Å². The summed E-state index contributed by atoms with van der Waals surface area (Å²) >= 11 is 0. The third-order valence-corrected chi connectivity index (χ3v) is 3.45. The molecule has 0 aliphatic carbocycles. The lowest BCUT2D eigenvalue weighted by molar-refractivity contribution is 0.173. The second-order valence-electron chi connectivity index (χ2n) is 4.81. The molecule has 0 bridgehead atoms. The number of benzene rings is 2. The van der Waals surface area contributed by atoms with Crippen LogP contribution in [0.5, 0.6) is 11.5 Å². The van der Waals surface area contributed by atoms with E-state index in [-0.39, 0.29) is 18.7 Å². The van der Waals surface area contributed by atoms with Gasteiger partial charge in [0, 0.05) is 18.2 Å². The maximum absolute atomic E-state index is 12.9. The molecule has 0 spiro atoms. The van der Waals surface area contributed by atoms with Crippen molar-refractivity contribution < 1.29 is 13.9 Å². The molecule has 1 aliphatic heterocycles. The minimum Gasteiger partial charge on any atom is -0.454 e. The lowest BCUT2D eigenvalue weighted by Gasteiger charge is -2.15. The highest BCUT2D eigenvalue weighted by Gasteiger charge is 2.17. The fraction of sp³-hybridized carbons (Fsp3) is 0.250. The van der Waals surface area contributed by atoms with Crippen molar-refractivity contribution in [1.29, 1.82) is 0 Å². The molecular formula is C16H16FNO2. The van der Waals surface area contributed by atoms with Crippen molar-refractivity contribution in [3.8, 4) is 11.5 Å². The minimum absolute atomic E-state index is 0.133. The molecule has 0 unspecified atom stereocenters. The van der Waals surface area contributed by atoms with Gasteiger partial charge in [0.25, 0.3) is 0 Å². The van der Waals surface area contributed by atoms with Crippen LogP contribution in [0.4, 0.5) is 4.39 Å². The third-order valence-electron chi connectivity index (χ3n) is 3.45. The summed E-state index contributed by atoms with van der Waals surface area (Å²) in [6.45, 7) is 3.00. The first-order valence-electron chi connectivity index (χ1n) is 6.60. The second-order valence-corrected chi connectivity index (χ2v) is 4.81. The lowest BCUT2D eigenvalue weighted by Crippen LogP contribution is -2.18. The van der Waals surface area contributed by atoms with E-state index in [1.54, 1.807) is 12.1 Å². The fourth-order valence-electron chi connectivity index (χ4n) is 2.26. The number of rotatable bonds is 4. The van der Waals surface area contributed by atoms with Gasteiger partial charge in [0.2, 0.25) is 6.79 Å². The Bertz CT molecular complexity index is 598. The van der Waals surface area contributed by atoms with Gasteiger partial charge in [0.1, 0.15) is 5.82 Å². The molecule has 3 rings (SSSR count). The zero-order valence-electron chi connectivity index (χ0n) is 11.2. The van der Waals surface area contributed by atoms with E-state index in [2.05, 4.69) is 5.32 Å². The van der Waals surface area contributed by atoms with Crippen molar-refractivity contribution in [3.63, 3.8) is 0 Å². The molecule has 0 fully saturated rings. The highest BCUT2D eigenvalue weighted by atomic mass is 19.1. The number of hydrogen-bond acceptors (Lipinski definition) is 3. The van der Waals surface area contributed by atoms with Crippen LogP contribution in [0.15, 0.2) is 42.5 Å². The van der Waals surface area contributed by atoms with Gasteiger partial charge >= 0.3 is 0 Å². The van der Waals surface area contributed by atoms with E-state index in [9.17, 15) is 4.39 Å². The van der Waals surface area contributed by atoms with Crippen LogP contribution in [-0.2, 0) is 6.54 Å². The quantitative estimate of drug-likeness (QED) is 0.926. The molecule has 1 atom stereocenters. The Labute approximate surface area is 117 Å². The molecular weight excluding hydrogens is 257 g/mol. The molecule has 20 heavy (non-hydrogen) atoms. The summed E-state index contributed by atoms with van der Waals surface area (Å²) in [6, 6.07) is 12.5. The Morgan fingerprint density at radius 2 is 1.95 bits per heavy atom. The van der Waals surface area contributed by atoms with Gasteiger partial charge in [-0.2, -0.15) is 0 Å². The van der Waals surface area contributed by atoms with E-state index in [0.29, 0.717) is 6.54 Å². The second kappa shape index (κ2) is 5.51. The Hall–Kier alpha value is -2.07. The van der Waals surface area contributed by atoms with Crippen LogP contribution >= 0.6 is 0 Å². The Balaban J connectivity index is 1.68. The van der Waals surface area contributed by atoms with Crippen LogP contribution in [-0.4, -0.2) is 6.79 Å². The SMILES string of the molecule is C[C@@H](NCc1cccc2c1OCO2)c1ccc(F)cc1. The van der Waals surface area contributed by atoms with Gasteiger partial charge in [-0.15, -0.1) is 0 Å². The monoisotopic (exact) mass is 273 g/mol. The topological polar surface area (TPSA) is 30.5 Å². The Morgan fingerprint density at radius 3 is 2.75 bits per heavy atom. The molecule has 1 N–H and O–H groups in total. The van der Waals surface area contributed by atoms with Crippen LogP contribution in [0.25, 0.3) is 0 Å². The van der Waals surface area contributed by atoms with Gasteiger partial charge in [0.15, 0.2) is 11.5 Å². The average molecular weight is 273 g/mol. The number of halogens is 1. The molecule has 0 saturated carbocycles. The number of fused-ring (bicyclic) bond motifs is 1. The maximum Gasteiger partial charge on any atom is 0.231 e. The molecule has 0 aromatic heterocycles. The molecule has 2 aromatic carbocycles. The summed E-state index contributed by atoms with van der Waals surface area (Å²) in [7, 11) is 0. The normalized spacial score (nSPS) is 14.3. The van der Waals surface area contributed by atoms with Gasteiger partial charge in [-0.1, -0.05) is 24.3 Å². The molecule has 0 amide bonds. The Kier molecular flexibility index (Phi) is 3.56. The van der Waals surface area contributed by atoms with E-state index in [4.69, 9.17) is 9.47 Å². The summed E-state index contributed by atoms with van der Waals surface area (Å²) in [6.07, 6.45) is 0. The van der Waals surface area contributed by atoms with Crippen molar-refractivity contribution in [3.05, 3.63) is 59.4 Å². The summed E-state index contributed by atoms with van der Waals surface area (Å²) in [5, 5.41) is 3.41. The number of hydrogen-bond donors (Lipinski definition) is 1. The maximum atomic E-state index is 12.9. The number of ether oxygens (including phenoxy) is 2. The zero-order chi connectivity index (χ0) is 13.9. The number of para-hydroxylation sites is 1. The predicted octanol–water partition coefficient (Wildman–Crippen LogP) is 3.41. The van der Waals surface area contributed by atoms with E-state index in [1.807, 2.05) is 25.1 Å². The first-order valence-corrected chi connectivity index (χ1v) is 6.60. The Morgan fingerprint density at radius 1 is 1.15 bits per heavy atom. The van der Waals surface area contributed by atoms with Gasteiger partial charge in [-0.25, -0.2) is 4.39 Å². The molecule has 0 saturated heterocycles. The molecule has 4 heteroatoms. The van der Waals surface area contributed by atoms with Crippen molar-refractivity contribution in [1.82, 2.24) is 5.32 Å². The lowest BCUT2D eigenvalue weighted by atomic mass is 10.1. The smallest absolute Gasteiger partial charge is 0.231 e. The minimum atomic E-state index is -0.215. The van der Waals surface area contributed by atoms with Crippen LogP contribution < -0.4 is 14.8 Å². The first-order chi connectivity index (χ1) is 9.74. The van der Waals surface area contributed by atoms with Gasteiger partial charge in [0.05, 0.1) is 0 Å². The summed E-state index contributed by atoms with van der Waals surface area (Å²) < 4.78 is 23.7. The molecule has 3 nitrogen and oxygen atoms in total. The molecule has 1 aliphatic rings. The highest BCUT2D eigenvalue weighted by Crippen LogP contribution is 2.35. The molecule has 0 radical (unpaired) electrons. The van der Waals surface area contributed by atoms with Crippen molar-refractivity contribution in [2.75, 3.05) is 6.79 Å². The summed E-state index contributed by atoms with van der Waals surface area (Å²) in [4.78, 5) is 0. The van der Waals surface area contributed by atoms with Gasteiger partial charge in [-0.3, -0.25) is 0 Å². The van der Waals surface area contributed by atoms with E-state index < -0.39 is 0 Å². The van der Waals surface area contributed by atoms with E-state index >= 15 is 0 Å². The van der Waals surface area contributed by atoms with E-state index in [1.165, 1.54) is 12.1 Å². The molecule has 104 valence electrons. The zero-order valence-corrected chi connectivity index (χ0v) is 11.2. The van der Waals surface area contributed by atoms with Crippen LogP contribution in [0.1, 0.15) is 24.1 Å². The first kappa shape index (κ1) is 12.9. The average Bonchev–Trinajstić information content (AvgIpc) is 2.94. The van der Waals surface area contributed by atoms with Gasteiger partial charge in [-0.05, 0) is 30.7 Å². The fourth-order valence-corrected chi connectivity index (χ4v) is 2.26. The largest absolute Gasteiger partial charge is 0.454 e. The van der Waals surface area contributed by atoms with Crippen LogP contribution in [0.3, 0.4) is 0 Å².